The molecule has 27 heavy (non-hydrogen) atoms. The van der Waals surface area contributed by atoms with Crippen molar-refractivity contribution < 1.29 is 17.4 Å². The van der Waals surface area contributed by atoms with Crippen molar-refractivity contribution in [2.24, 2.45) is 5.92 Å². The molecule has 0 N–H and O–H groups in total. The second-order valence-corrected chi connectivity index (χ2v) is 8.67. The van der Waals surface area contributed by atoms with Crippen LogP contribution in [-0.2, 0) is 28.0 Å². The molecule has 0 atom stereocenters. The van der Waals surface area contributed by atoms with Gasteiger partial charge in [-0.05, 0) is 36.1 Å². The SMILES string of the molecule is CS(=O)(=O)Oc1ccc(CN(Cc2ccccc2)C(=O)C2CCCC2)cc1. The van der Waals surface area contributed by atoms with E-state index in [1.54, 1.807) is 24.3 Å². The average Bonchev–Trinajstić information content (AvgIpc) is 3.16. The standard InChI is InChI=1S/C21H25NO4S/c1-27(24,25)26-20-13-11-18(12-14-20)16-22(15-17-7-3-2-4-8-17)21(23)19-9-5-6-10-19/h2-4,7-8,11-14,19H,5-6,9-10,15-16H2,1H3. The molecule has 0 heterocycles. The molecule has 2 aromatic rings. The van der Waals surface area contributed by atoms with Gasteiger partial charge in [0.15, 0.2) is 0 Å². The number of nitrogens with zero attached hydrogens (tertiary/aromatic N) is 1. The van der Waals surface area contributed by atoms with Gasteiger partial charge in [-0.15, -0.1) is 0 Å². The highest BCUT2D eigenvalue weighted by atomic mass is 32.2. The maximum Gasteiger partial charge on any atom is 0.306 e. The number of rotatable bonds is 7. The van der Waals surface area contributed by atoms with Crippen LogP contribution in [0.2, 0.25) is 0 Å². The minimum atomic E-state index is -3.54. The summed E-state index contributed by atoms with van der Waals surface area (Å²) in [7, 11) is -3.54. The van der Waals surface area contributed by atoms with Crippen LogP contribution in [0.1, 0.15) is 36.8 Å². The maximum absolute atomic E-state index is 13.0. The van der Waals surface area contributed by atoms with Gasteiger partial charge in [-0.25, -0.2) is 0 Å². The zero-order valence-corrected chi connectivity index (χ0v) is 16.3. The number of carbonyl (C=O) groups is 1. The van der Waals surface area contributed by atoms with Crippen molar-refractivity contribution in [3.63, 3.8) is 0 Å². The van der Waals surface area contributed by atoms with E-state index in [4.69, 9.17) is 4.18 Å². The Balaban J connectivity index is 1.75. The third-order valence-electron chi connectivity index (χ3n) is 4.78. The molecule has 1 fully saturated rings. The van der Waals surface area contributed by atoms with Gasteiger partial charge < -0.3 is 9.08 Å². The molecule has 0 saturated heterocycles. The molecule has 3 rings (SSSR count). The summed E-state index contributed by atoms with van der Waals surface area (Å²) in [5.41, 5.74) is 2.04. The second kappa shape index (κ2) is 8.57. The smallest absolute Gasteiger partial charge is 0.306 e. The molecule has 0 radical (unpaired) electrons. The van der Waals surface area contributed by atoms with E-state index in [0.717, 1.165) is 43.1 Å². The number of carbonyl (C=O) groups excluding carboxylic acids is 1. The highest BCUT2D eigenvalue weighted by molar-refractivity contribution is 7.86. The van der Waals surface area contributed by atoms with E-state index < -0.39 is 10.1 Å². The maximum atomic E-state index is 13.0. The van der Waals surface area contributed by atoms with Gasteiger partial charge in [0.2, 0.25) is 5.91 Å². The van der Waals surface area contributed by atoms with E-state index in [-0.39, 0.29) is 17.6 Å². The topological polar surface area (TPSA) is 63.7 Å². The molecule has 0 spiro atoms. The van der Waals surface area contributed by atoms with Gasteiger partial charge in [0.25, 0.3) is 0 Å². The zero-order valence-electron chi connectivity index (χ0n) is 15.5. The van der Waals surface area contributed by atoms with Gasteiger partial charge in [-0.1, -0.05) is 55.3 Å². The quantitative estimate of drug-likeness (QED) is 0.679. The Morgan fingerprint density at radius 1 is 0.963 bits per heavy atom. The lowest BCUT2D eigenvalue weighted by Gasteiger charge is -2.26. The predicted octanol–water partition coefficient (Wildman–Crippen LogP) is 3.74. The Bertz CT molecular complexity index is 857. The van der Waals surface area contributed by atoms with E-state index in [0.29, 0.717) is 13.1 Å². The molecule has 1 aliphatic rings. The first-order valence-electron chi connectivity index (χ1n) is 9.22. The molecule has 1 aliphatic carbocycles. The summed E-state index contributed by atoms with van der Waals surface area (Å²) >= 11 is 0. The van der Waals surface area contributed by atoms with E-state index in [9.17, 15) is 13.2 Å². The number of hydrogen-bond donors (Lipinski definition) is 0. The molecule has 1 saturated carbocycles. The summed E-state index contributed by atoms with van der Waals surface area (Å²) < 4.78 is 27.3. The van der Waals surface area contributed by atoms with Crippen LogP contribution in [0.15, 0.2) is 54.6 Å². The van der Waals surface area contributed by atoms with Crippen molar-refractivity contribution in [3.8, 4) is 5.75 Å². The first kappa shape index (κ1) is 19.4. The number of amides is 1. The Hall–Kier alpha value is -2.34. The molecule has 2 aromatic carbocycles. The molecular weight excluding hydrogens is 362 g/mol. The lowest BCUT2D eigenvalue weighted by atomic mass is 10.0. The van der Waals surface area contributed by atoms with Crippen LogP contribution in [0, 0.1) is 5.92 Å². The summed E-state index contributed by atoms with van der Waals surface area (Å²) in [4.78, 5) is 14.9. The summed E-state index contributed by atoms with van der Waals surface area (Å²) in [6.45, 7) is 1.06. The monoisotopic (exact) mass is 387 g/mol. The summed E-state index contributed by atoms with van der Waals surface area (Å²) in [5, 5.41) is 0. The van der Waals surface area contributed by atoms with Crippen molar-refractivity contribution in [3.05, 3.63) is 65.7 Å². The van der Waals surface area contributed by atoms with E-state index in [1.165, 1.54) is 0 Å². The lowest BCUT2D eigenvalue weighted by molar-refractivity contribution is -0.136. The summed E-state index contributed by atoms with van der Waals surface area (Å²) in [6.07, 6.45) is 5.18. The van der Waals surface area contributed by atoms with Gasteiger partial charge in [-0.3, -0.25) is 4.79 Å². The van der Waals surface area contributed by atoms with Gasteiger partial charge in [-0.2, -0.15) is 8.42 Å². The Morgan fingerprint density at radius 3 is 2.07 bits per heavy atom. The van der Waals surface area contributed by atoms with Gasteiger partial charge in [0.1, 0.15) is 5.75 Å². The van der Waals surface area contributed by atoms with Gasteiger partial charge >= 0.3 is 10.1 Å². The molecule has 0 unspecified atom stereocenters. The summed E-state index contributed by atoms with van der Waals surface area (Å²) in [5.74, 6) is 0.590. The minimum absolute atomic E-state index is 0.113. The van der Waals surface area contributed by atoms with Crippen LogP contribution in [0.4, 0.5) is 0 Å². The van der Waals surface area contributed by atoms with Crippen molar-refractivity contribution in [2.75, 3.05) is 6.26 Å². The van der Waals surface area contributed by atoms with Crippen molar-refractivity contribution in [1.82, 2.24) is 4.90 Å². The van der Waals surface area contributed by atoms with Crippen molar-refractivity contribution in [2.45, 2.75) is 38.8 Å². The van der Waals surface area contributed by atoms with E-state index in [2.05, 4.69) is 0 Å². The molecular formula is C21H25NO4S. The molecule has 0 aliphatic heterocycles. The van der Waals surface area contributed by atoms with Crippen molar-refractivity contribution in [1.29, 1.82) is 0 Å². The highest BCUT2D eigenvalue weighted by Gasteiger charge is 2.27. The molecule has 5 nitrogen and oxygen atoms in total. The molecule has 0 bridgehead atoms. The fourth-order valence-corrected chi connectivity index (χ4v) is 3.95. The average molecular weight is 388 g/mol. The van der Waals surface area contributed by atoms with Gasteiger partial charge in [0, 0.05) is 19.0 Å². The number of hydrogen-bond acceptors (Lipinski definition) is 4. The Kier molecular flexibility index (Phi) is 6.16. The zero-order chi connectivity index (χ0) is 19.3. The van der Waals surface area contributed by atoms with Crippen LogP contribution in [0.25, 0.3) is 0 Å². The second-order valence-electron chi connectivity index (χ2n) is 7.09. The first-order chi connectivity index (χ1) is 12.9. The number of benzene rings is 2. The fraction of sp³-hybridized carbons (Fsp3) is 0.381. The van der Waals surface area contributed by atoms with Crippen LogP contribution in [0.5, 0.6) is 5.75 Å². The van der Waals surface area contributed by atoms with Crippen LogP contribution in [0.3, 0.4) is 0 Å². The predicted molar refractivity (Wildman–Crippen MR) is 105 cm³/mol. The Labute approximate surface area is 161 Å². The Morgan fingerprint density at radius 2 is 1.52 bits per heavy atom. The largest absolute Gasteiger partial charge is 0.383 e. The lowest BCUT2D eigenvalue weighted by Crippen LogP contribution is -2.34. The molecule has 6 heteroatoms. The summed E-state index contributed by atoms with van der Waals surface area (Å²) in [6, 6.07) is 16.8. The van der Waals surface area contributed by atoms with E-state index >= 15 is 0 Å². The van der Waals surface area contributed by atoms with E-state index in [1.807, 2.05) is 35.2 Å². The van der Waals surface area contributed by atoms with Crippen LogP contribution >= 0.6 is 0 Å². The first-order valence-corrected chi connectivity index (χ1v) is 11.0. The van der Waals surface area contributed by atoms with Crippen molar-refractivity contribution >= 4 is 16.0 Å². The minimum Gasteiger partial charge on any atom is -0.383 e. The van der Waals surface area contributed by atoms with Crippen LogP contribution < -0.4 is 4.18 Å². The van der Waals surface area contributed by atoms with Gasteiger partial charge in [0.05, 0.1) is 6.26 Å². The molecule has 144 valence electrons. The normalized spacial score (nSPS) is 14.9. The fourth-order valence-electron chi connectivity index (χ4n) is 3.49. The molecule has 1 amide bonds. The third-order valence-corrected chi connectivity index (χ3v) is 5.27. The third kappa shape index (κ3) is 5.82. The van der Waals surface area contributed by atoms with Crippen LogP contribution in [-0.4, -0.2) is 25.5 Å². The highest BCUT2D eigenvalue weighted by Crippen LogP contribution is 2.28. The molecule has 0 aromatic heterocycles.